The van der Waals surface area contributed by atoms with E-state index in [1.807, 2.05) is 12.1 Å². The minimum absolute atomic E-state index is 0.00805. The Labute approximate surface area is 241 Å². The number of hydrogen-bond donors (Lipinski definition) is 4. The Morgan fingerprint density at radius 1 is 0.951 bits per heavy atom. The lowest BCUT2D eigenvalue weighted by atomic mass is 9.83. The van der Waals surface area contributed by atoms with Gasteiger partial charge in [-0.25, -0.2) is 8.42 Å². The Kier molecular flexibility index (Phi) is 9.61. The van der Waals surface area contributed by atoms with Crippen LogP contribution < -0.4 is 25.8 Å². The number of nitrogens with one attached hydrogen (secondary N) is 3. The van der Waals surface area contributed by atoms with Crippen molar-refractivity contribution in [3.05, 3.63) is 78.6 Å². The topological polar surface area (TPSA) is 153 Å². The SMILES string of the molecule is CC(C)(NC(=O)[C@H](NS(=O)(=O)c1ccc(Oc2ccncc2)cc1)C1CCCCC1)C(=O)NCc1ccc(N)cc1. The van der Waals surface area contributed by atoms with Crippen LogP contribution in [0.4, 0.5) is 5.69 Å². The van der Waals surface area contributed by atoms with Crippen LogP contribution in [-0.4, -0.2) is 36.8 Å². The van der Waals surface area contributed by atoms with Crippen LogP contribution in [0.5, 0.6) is 11.5 Å². The molecule has 218 valence electrons. The highest BCUT2D eigenvalue weighted by Crippen LogP contribution is 2.29. The van der Waals surface area contributed by atoms with Crippen LogP contribution in [0.1, 0.15) is 51.5 Å². The highest BCUT2D eigenvalue weighted by molar-refractivity contribution is 7.89. The molecule has 1 aliphatic rings. The van der Waals surface area contributed by atoms with Gasteiger partial charge >= 0.3 is 0 Å². The summed E-state index contributed by atoms with van der Waals surface area (Å²) in [6.45, 7) is 3.45. The summed E-state index contributed by atoms with van der Waals surface area (Å²) in [6, 6.07) is 15.5. The Morgan fingerprint density at radius 3 is 2.20 bits per heavy atom. The highest BCUT2D eigenvalue weighted by atomic mass is 32.2. The van der Waals surface area contributed by atoms with E-state index in [2.05, 4.69) is 20.3 Å². The van der Waals surface area contributed by atoms with Gasteiger partial charge in [0.05, 0.1) is 4.90 Å². The van der Waals surface area contributed by atoms with E-state index in [0.29, 0.717) is 30.0 Å². The third-order valence-corrected chi connectivity index (χ3v) is 8.60. The van der Waals surface area contributed by atoms with Gasteiger partial charge in [-0.1, -0.05) is 31.4 Å². The minimum atomic E-state index is -4.06. The summed E-state index contributed by atoms with van der Waals surface area (Å²) < 4.78 is 35.2. The predicted molar refractivity (Wildman–Crippen MR) is 156 cm³/mol. The highest BCUT2D eigenvalue weighted by Gasteiger charge is 2.38. The van der Waals surface area contributed by atoms with Crippen molar-refractivity contribution in [2.45, 2.75) is 69.0 Å². The fourth-order valence-corrected chi connectivity index (χ4v) is 6.04. The summed E-state index contributed by atoms with van der Waals surface area (Å²) in [5.74, 6) is -0.0868. The lowest BCUT2D eigenvalue weighted by Crippen LogP contribution is -2.60. The van der Waals surface area contributed by atoms with Crippen molar-refractivity contribution >= 4 is 27.5 Å². The normalized spacial score (nSPS) is 15.1. The molecule has 10 nitrogen and oxygen atoms in total. The monoisotopic (exact) mass is 579 g/mol. The standard InChI is InChI=1S/C30H37N5O5S/c1-30(2,29(37)33-20-21-8-10-23(31)11-9-21)34-28(36)27(22-6-4-3-5-7-22)35-41(38,39)26-14-12-24(13-15-26)40-25-16-18-32-19-17-25/h8-19,22,27,35H,3-7,20,31H2,1-2H3,(H,33,37)(H,34,36)/t27-/m1/s1. The van der Waals surface area contributed by atoms with Crippen molar-refractivity contribution in [2.24, 2.45) is 5.92 Å². The van der Waals surface area contributed by atoms with E-state index in [-0.39, 0.29) is 17.4 Å². The second kappa shape index (κ2) is 13.1. The third-order valence-electron chi connectivity index (χ3n) is 7.14. The molecule has 2 amide bonds. The number of anilines is 1. The van der Waals surface area contributed by atoms with Gasteiger partial charge in [-0.3, -0.25) is 14.6 Å². The number of amides is 2. The summed E-state index contributed by atoms with van der Waals surface area (Å²) >= 11 is 0. The summed E-state index contributed by atoms with van der Waals surface area (Å²) in [6.07, 6.45) is 7.46. The van der Waals surface area contributed by atoms with Crippen molar-refractivity contribution in [3.63, 3.8) is 0 Å². The molecular weight excluding hydrogens is 542 g/mol. The third kappa shape index (κ3) is 8.27. The molecule has 41 heavy (non-hydrogen) atoms. The van der Waals surface area contributed by atoms with Gasteiger partial charge in [-0.05, 0) is 86.7 Å². The first-order valence-corrected chi connectivity index (χ1v) is 15.2. The van der Waals surface area contributed by atoms with E-state index in [4.69, 9.17) is 10.5 Å². The van der Waals surface area contributed by atoms with E-state index in [1.54, 1.807) is 62.6 Å². The molecule has 1 fully saturated rings. The lowest BCUT2D eigenvalue weighted by Gasteiger charge is -2.33. The summed E-state index contributed by atoms with van der Waals surface area (Å²) in [5, 5.41) is 5.62. The van der Waals surface area contributed by atoms with Gasteiger partial charge in [0.15, 0.2) is 0 Å². The summed E-state index contributed by atoms with van der Waals surface area (Å²) in [5.41, 5.74) is 5.92. The second-order valence-corrected chi connectivity index (χ2v) is 12.5. The molecule has 0 spiro atoms. The fourth-order valence-electron chi connectivity index (χ4n) is 4.78. The molecule has 1 saturated carbocycles. The Bertz CT molecular complexity index is 1420. The average molecular weight is 580 g/mol. The zero-order valence-electron chi connectivity index (χ0n) is 23.3. The number of carbonyl (C=O) groups is 2. The fraction of sp³-hybridized carbons (Fsp3) is 0.367. The van der Waals surface area contributed by atoms with Crippen LogP contribution in [0.25, 0.3) is 0 Å². The van der Waals surface area contributed by atoms with Gasteiger partial charge in [0.1, 0.15) is 23.1 Å². The molecule has 3 aromatic rings. The molecule has 0 radical (unpaired) electrons. The Balaban J connectivity index is 1.45. The smallest absolute Gasteiger partial charge is 0.245 e. The van der Waals surface area contributed by atoms with Crippen LogP contribution in [0.3, 0.4) is 0 Å². The minimum Gasteiger partial charge on any atom is -0.457 e. The van der Waals surface area contributed by atoms with Crippen molar-refractivity contribution in [1.29, 1.82) is 0 Å². The summed E-state index contributed by atoms with van der Waals surface area (Å²) in [7, 11) is -4.06. The molecule has 1 atom stereocenters. The van der Waals surface area contributed by atoms with Crippen LogP contribution in [0.2, 0.25) is 0 Å². The van der Waals surface area contributed by atoms with E-state index in [9.17, 15) is 18.0 Å². The van der Waals surface area contributed by atoms with Crippen LogP contribution in [0.15, 0.2) is 78.0 Å². The van der Waals surface area contributed by atoms with E-state index < -0.39 is 33.4 Å². The summed E-state index contributed by atoms with van der Waals surface area (Å²) in [4.78, 5) is 30.5. The first-order chi connectivity index (χ1) is 19.5. The Hall–Kier alpha value is -3.96. The van der Waals surface area contributed by atoms with Gasteiger partial charge in [-0.15, -0.1) is 0 Å². The first kappa shape index (κ1) is 30.0. The molecule has 1 aromatic heterocycles. The molecule has 0 aliphatic heterocycles. The van der Waals surface area contributed by atoms with Gasteiger partial charge in [-0.2, -0.15) is 4.72 Å². The van der Waals surface area contributed by atoms with Crippen LogP contribution >= 0.6 is 0 Å². The molecular formula is C30H37N5O5S. The predicted octanol–water partition coefficient (Wildman–Crippen LogP) is 3.89. The Morgan fingerprint density at radius 2 is 1.56 bits per heavy atom. The number of ether oxygens (including phenoxy) is 1. The number of nitrogen functional groups attached to an aromatic ring is 1. The molecule has 0 bridgehead atoms. The number of aromatic nitrogens is 1. The molecule has 4 rings (SSSR count). The van der Waals surface area contributed by atoms with Crippen molar-refractivity contribution in [2.75, 3.05) is 5.73 Å². The van der Waals surface area contributed by atoms with Crippen molar-refractivity contribution in [3.8, 4) is 11.5 Å². The molecule has 2 aromatic carbocycles. The van der Waals surface area contributed by atoms with Crippen LogP contribution in [0, 0.1) is 5.92 Å². The maximum absolute atomic E-state index is 13.6. The molecule has 5 N–H and O–H groups in total. The first-order valence-electron chi connectivity index (χ1n) is 13.7. The van der Waals surface area contributed by atoms with Gasteiger partial charge in [0, 0.05) is 24.6 Å². The lowest BCUT2D eigenvalue weighted by molar-refractivity contribution is -0.133. The van der Waals surface area contributed by atoms with Gasteiger partial charge in [0.25, 0.3) is 0 Å². The number of rotatable bonds is 11. The number of nitrogens with zero attached hydrogens (tertiary/aromatic N) is 1. The van der Waals surface area contributed by atoms with E-state index >= 15 is 0 Å². The second-order valence-electron chi connectivity index (χ2n) is 10.8. The molecule has 1 aliphatic carbocycles. The number of benzene rings is 2. The molecule has 11 heteroatoms. The number of carbonyl (C=O) groups excluding carboxylic acids is 2. The van der Waals surface area contributed by atoms with Gasteiger partial charge < -0.3 is 21.1 Å². The maximum atomic E-state index is 13.6. The molecule has 1 heterocycles. The zero-order chi connectivity index (χ0) is 29.5. The van der Waals surface area contributed by atoms with E-state index in [1.165, 1.54) is 12.1 Å². The quantitative estimate of drug-likeness (QED) is 0.251. The van der Waals surface area contributed by atoms with Crippen molar-refractivity contribution in [1.82, 2.24) is 20.3 Å². The number of pyridine rings is 1. The largest absolute Gasteiger partial charge is 0.457 e. The van der Waals surface area contributed by atoms with Crippen LogP contribution in [-0.2, 0) is 26.2 Å². The zero-order valence-corrected chi connectivity index (χ0v) is 24.1. The average Bonchev–Trinajstić information content (AvgIpc) is 2.96. The van der Waals surface area contributed by atoms with Crippen molar-refractivity contribution < 1.29 is 22.7 Å². The number of hydrogen-bond acceptors (Lipinski definition) is 7. The van der Waals surface area contributed by atoms with Gasteiger partial charge in [0.2, 0.25) is 21.8 Å². The number of nitrogens with two attached hydrogens (primary N) is 1. The van der Waals surface area contributed by atoms with E-state index in [0.717, 1.165) is 24.8 Å². The maximum Gasteiger partial charge on any atom is 0.245 e. The molecule has 0 saturated heterocycles. The molecule has 0 unspecified atom stereocenters. The number of sulfonamides is 1.